The first-order valence-electron chi connectivity index (χ1n) is 11.7. The normalized spacial score (nSPS) is 27.7. The average molecular weight is 506 g/mol. The Morgan fingerprint density at radius 3 is 2.54 bits per heavy atom. The number of fused-ring (bicyclic) bond motifs is 1. The molecule has 0 amide bonds. The maximum Gasteiger partial charge on any atom is 1.00 e. The van der Waals surface area contributed by atoms with Gasteiger partial charge in [-0.25, -0.2) is 0 Å². The fourth-order valence-electron chi connectivity index (χ4n) is 4.79. The Hall–Kier alpha value is -0.820. The van der Waals surface area contributed by atoms with Crippen LogP contribution in [0.1, 0.15) is 52.9 Å². The number of carbonyl (C=O) groups is 2. The Balaban J connectivity index is 0.00000612. The minimum absolute atomic E-state index is 0. The maximum atomic E-state index is 12.3. The molecule has 0 aliphatic heterocycles. The van der Waals surface area contributed by atoms with Crippen molar-refractivity contribution < 1.29 is 69.3 Å². The van der Waals surface area contributed by atoms with Crippen LogP contribution in [0.25, 0.3) is 0 Å². The van der Waals surface area contributed by atoms with Crippen molar-refractivity contribution in [1.82, 2.24) is 0 Å². The number of aliphatic hydroxyl groups excluding tert-OH is 3. The van der Waals surface area contributed by atoms with Gasteiger partial charge < -0.3 is 30.2 Å². The van der Waals surface area contributed by atoms with Crippen molar-refractivity contribution in [3.05, 3.63) is 28.7 Å². The van der Waals surface area contributed by atoms with Crippen LogP contribution in [0.4, 0.5) is 0 Å². The van der Waals surface area contributed by atoms with Crippen LogP contribution in [0.2, 0.25) is 0 Å². The summed E-state index contributed by atoms with van der Waals surface area (Å²) in [7, 11) is 0. The Morgan fingerprint density at radius 2 is 1.91 bits per heavy atom. The van der Waals surface area contributed by atoms with Crippen LogP contribution in [0.15, 0.2) is 29.0 Å². The second-order valence-electron chi connectivity index (χ2n) is 9.86. The molecule has 0 spiro atoms. The Morgan fingerprint density at radius 1 is 1.26 bits per heavy atom. The van der Waals surface area contributed by atoms with Crippen LogP contribution < -0.4 is 34.8 Å². The third kappa shape index (κ3) is 9.21. The summed E-state index contributed by atoms with van der Waals surface area (Å²) in [6.45, 7) is 3.94. The van der Waals surface area contributed by atoms with Crippen LogP contribution in [-0.2, 0) is 19.2 Å². The minimum Gasteiger partial charge on any atom is -0.723 e. The van der Waals surface area contributed by atoms with Crippen molar-refractivity contribution in [1.29, 1.82) is 0 Å². The molecule has 0 aromatic heterocycles. The maximum absolute atomic E-state index is 12.3. The monoisotopic (exact) mass is 505 g/mol. The molecular weight excluding hydrogens is 469 g/mol. The van der Waals surface area contributed by atoms with Crippen LogP contribution in [0.5, 0.6) is 0 Å². The van der Waals surface area contributed by atoms with E-state index in [9.17, 15) is 35.1 Å². The van der Waals surface area contributed by atoms with Gasteiger partial charge in [0.05, 0.1) is 24.4 Å². The van der Waals surface area contributed by atoms with E-state index in [1.54, 1.807) is 6.08 Å². The average Bonchev–Trinajstić information content (AvgIpc) is 2.79. The summed E-state index contributed by atoms with van der Waals surface area (Å²) in [5.74, 6) is -1.77. The van der Waals surface area contributed by atoms with Gasteiger partial charge in [0, 0.05) is 18.9 Å². The smallest absolute Gasteiger partial charge is 0.723 e. The molecule has 0 fully saturated rings. The van der Waals surface area contributed by atoms with Crippen molar-refractivity contribution in [2.75, 3.05) is 13.2 Å². The van der Waals surface area contributed by atoms with Gasteiger partial charge in [0.25, 0.3) is 0 Å². The molecule has 0 bridgehead atoms. The van der Waals surface area contributed by atoms with Gasteiger partial charge in [0.15, 0.2) is 5.54 Å². The van der Waals surface area contributed by atoms with Crippen LogP contribution >= 0.6 is 0 Å². The summed E-state index contributed by atoms with van der Waals surface area (Å²) in [6.07, 6.45) is 4.36. The van der Waals surface area contributed by atoms with Gasteiger partial charge in [-0.1, -0.05) is 30.3 Å². The van der Waals surface area contributed by atoms with Gasteiger partial charge in [-0.15, -0.1) is 4.91 Å². The Kier molecular flexibility index (Phi) is 13.6. The summed E-state index contributed by atoms with van der Waals surface area (Å²) in [4.78, 5) is 39.1. The number of hydrogen-bond donors (Lipinski definition) is 3. The summed E-state index contributed by atoms with van der Waals surface area (Å²) in [5.41, 5.74) is -0.787. The predicted molar refractivity (Wildman–Crippen MR) is 120 cm³/mol. The fourth-order valence-corrected chi connectivity index (χ4v) is 4.79. The molecule has 7 atom stereocenters. The molecule has 192 valence electrons. The zero-order valence-corrected chi connectivity index (χ0v) is 23.0. The van der Waals surface area contributed by atoms with Crippen LogP contribution in [0.3, 0.4) is 0 Å². The van der Waals surface area contributed by atoms with Crippen LogP contribution in [0, 0.1) is 22.7 Å². The third-order valence-electron chi connectivity index (χ3n) is 6.75. The van der Waals surface area contributed by atoms with Gasteiger partial charge in [-0.05, 0) is 56.9 Å². The number of nitroso groups, excluding NO2 is 1. The first-order valence-corrected chi connectivity index (χ1v) is 11.7. The van der Waals surface area contributed by atoms with E-state index in [-0.39, 0.29) is 73.2 Å². The predicted octanol–water partition coefficient (Wildman–Crippen LogP) is -2.24. The molecule has 0 heterocycles. The summed E-state index contributed by atoms with van der Waals surface area (Å²) >= 11 is 0. The second-order valence-corrected chi connectivity index (χ2v) is 9.86. The van der Waals surface area contributed by atoms with Crippen molar-refractivity contribution in [3.8, 4) is 0 Å². The molecule has 2 rings (SSSR count). The van der Waals surface area contributed by atoms with E-state index in [1.807, 2.05) is 19.1 Å². The molecule has 0 radical (unpaired) electrons. The second kappa shape index (κ2) is 14.8. The van der Waals surface area contributed by atoms with Crippen LogP contribution in [-0.4, -0.2) is 70.1 Å². The van der Waals surface area contributed by atoms with E-state index in [2.05, 4.69) is 10.1 Å². The van der Waals surface area contributed by atoms with E-state index in [0.29, 0.717) is 12.8 Å². The van der Waals surface area contributed by atoms with E-state index >= 15 is 0 Å². The Bertz CT molecular complexity index is 785. The minimum atomic E-state index is -1.66. The quantitative estimate of drug-likeness (QED) is 0.0778. The number of ether oxygens (including phenoxy) is 1. The first kappa shape index (κ1) is 32.2. The molecule has 10 nitrogen and oxygen atoms in total. The fraction of sp³-hybridized carbons (Fsp3) is 0.750. The van der Waals surface area contributed by atoms with E-state index in [4.69, 9.17) is 4.74 Å². The number of ketones is 2. The largest absolute Gasteiger partial charge is 1.00 e. The molecule has 0 saturated carbocycles. The molecule has 0 saturated heterocycles. The topological polar surface area (TPSA) is 166 Å². The number of aliphatic hydroxyl groups is 3. The Labute approximate surface area is 228 Å². The molecule has 0 aromatic carbocycles. The molecule has 7 unspecified atom stereocenters. The molecule has 11 heteroatoms. The standard InChI is InChI=1S/C24H37NO9.Na/c1-14-4-5-15-10-18(28)12-21(33-13-20(29)23(30)24(2,3)25-31)22(15)19(14)7-6-16(26)11-17(27)8-9-34-32;/h4-5,10,14,16-19,21-22,26-28,32H,6-9,11-13H2,1-3H3;/q;+1/p-1. The summed E-state index contributed by atoms with van der Waals surface area (Å²) in [5, 5.41) is 43.4. The van der Waals surface area contributed by atoms with Crippen molar-refractivity contribution in [3.63, 3.8) is 0 Å². The molecular formula is C24H36NNaO9. The number of carbonyl (C=O) groups excluding carboxylic acids is 2. The van der Waals surface area contributed by atoms with Crippen molar-refractivity contribution in [2.24, 2.45) is 22.9 Å². The number of Topliss-reactive ketones (excluding diaryl/α,β-unsaturated/α-hetero) is 2. The van der Waals surface area contributed by atoms with Crippen molar-refractivity contribution >= 4 is 11.6 Å². The number of allylic oxidation sites excluding steroid dienone is 2. The van der Waals surface area contributed by atoms with E-state index < -0.39 is 48.1 Å². The van der Waals surface area contributed by atoms with E-state index in [1.165, 1.54) is 13.8 Å². The zero-order valence-electron chi connectivity index (χ0n) is 21.0. The molecule has 35 heavy (non-hydrogen) atoms. The van der Waals surface area contributed by atoms with E-state index in [0.717, 1.165) is 5.57 Å². The summed E-state index contributed by atoms with van der Waals surface area (Å²) in [6, 6.07) is 0. The van der Waals surface area contributed by atoms with Gasteiger partial charge in [-0.3, -0.25) is 9.59 Å². The number of hydrogen-bond acceptors (Lipinski definition) is 10. The number of nitrogens with zero attached hydrogens (tertiary/aromatic N) is 1. The molecule has 3 N–H and O–H groups in total. The van der Waals surface area contributed by atoms with Gasteiger partial charge in [0.1, 0.15) is 6.61 Å². The SMILES string of the molecule is CC1C=CC2=CC(O)CC(OCC(=O)C(=O)C(C)(C)N=O)C2C1CCC(O)CC(O)CCO[O-].[Na+]. The molecule has 0 aromatic rings. The first-order chi connectivity index (χ1) is 16.0. The number of rotatable bonds is 14. The zero-order chi connectivity index (χ0) is 25.5. The van der Waals surface area contributed by atoms with Gasteiger partial charge >= 0.3 is 29.6 Å². The third-order valence-corrected chi connectivity index (χ3v) is 6.75. The van der Waals surface area contributed by atoms with Gasteiger partial charge in [0.2, 0.25) is 11.6 Å². The molecule has 2 aliphatic rings. The molecule has 2 aliphatic carbocycles. The summed E-state index contributed by atoms with van der Waals surface area (Å²) < 4.78 is 5.84. The van der Waals surface area contributed by atoms with Crippen molar-refractivity contribution in [2.45, 2.75) is 82.8 Å². The van der Waals surface area contributed by atoms with Gasteiger partial charge in [-0.2, -0.15) is 0 Å².